The zero-order chi connectivity index (χ0) is 24.8. The Balaban J connectivity index is 1.46. The van der Waals surface area contributed by atoms with Gasteiger partial charge in [-0.15, -0.1) is 0 Å². The van der Waals surface area contributed by atoms with Crippen molar-refractivity contribution in [2.75, 3.05) is 18.4 Å². The smallest absolute Gasteiger partial charge is 0.262 e. The van der Waals surface area contributed by atoms with Gasteiger partial charge in [0, 0.05) is 18.8 Å². The number of hydrogen-bond donors (Lipinski definition) is 1. The number of imide groups is 1. The molecule has 0 unspecified atom stereocenters. The summed E-state index contributed by atoms with van der Waals surface area (Å²) in [7, 11) is -3.71. The molecule has 0 aromatic heterocycles. The average Bonchev–Trinajstić information content (AvgIpc) is 3.02. The number of morpholine rings is 1. The number of amides is 3. The topological polar surface area (TPSA) is 113 Å². The quantitative estimate of drug-likeness (QED) is 0.651. The molecule has 2 aromatic carbocycles. The van der Waals surface area contributed by atoms with Gasteiger partial charge in [-0.25, -0.2) is 8.42 Å². The molecule has 3 amide bonds. The maximum Gasteiger partial charge on any atom is 0.262 e. The van der Waals surface area contributed by atoms with Crippen LogP contribution in [0.15, 0.2) is 47.4 Å². The van der Waals surface area contributed by atoms with Gasteiger partial charge in [0.1, 0.15) is 6.04 Å². The van der Waals surface area contributed by atoms with E-state index in [1.54, 1.807) is 18.2 Å². The number of ether oxygens (including phenoxy) is 1. The van der Waals surface area contributed by atoms with Gasteiger partial charge < -0.3 is 10.1 Å². The summed E-state index contributed by atoms with van der Waals surface area (Å²) in [4.78, 5) is 39.3. The lowest BCUT2D eigenvalue weighted by molar-refractivity contribution is -0.119. The van der Waals surface area contributed by atoms with Crippen LogP contribution in [0.25, 0.3) is 0 Å². The summed E-state index contributed by atoms with van der Waals surface area (Å²) in [5.41, 5.74) is 1.75. The number of benzene rings is 2. The van der Waals surface area contributed by atoms with Crippen LogP contribution in [0.2, 0.25) is 0 Å². The number of fused-ring (bicyclic) bond motifs is 1. The fourth-order valence-electron chi connectivity index (χ4n) is 4.28. The van der Waals surface area contributed by atoms with Gasteiger partial charge in [0.25, 0.3) is 11.8 Å². The molecule has 2 aliphatic rings. The second kappa shape index (κ2) is 8.94. The molecule has 2 heterocycles. The Bertz CT molecular complexity index is 1250. The van der Waals surface area contributed by atoms with E-state index in [1.807, 2.05) is 20.8 Å². The third kappa shape index (κ3) is 4.36. The number of sulfonamides is 1. The first-order valence-electron chi connectivity index (χ1n) is 11.0. The predicted octanol–water partition coefficient (Wildman–Crippen LogP) is 2.42. The summed E-state index contributed by atoms with van der Waals surface area (Å²) in [6, 6.07) is 9.72. The summed E-state index contributed by atoms with van der Waals surface area (Å²) in [6.07, 6.45) is -0.408. The van der Waals surface area contributed by atoms with Crippen LogP contribution in [0, 0.1) is 6.92 Å². The van der Waals surface area contributed by atoms with Gasteiger partial charge in [-0.05, 0) is 64.1 Å². The van der Waals surface area contributed by atoms with E-state index in [0.717, 1.165) is 10.5 Å². The van der Waals surface area contributed by atoms with E-state index in [0.29, 0.717) is 5.69 Å². The van der Waals surface area contributed by atoms with Crippen LogP contribution in [-0.2, 0) is 19.6 Å². The van der Waals surface area contributed by atoms with Crippen LogP contribution in [0.5, 0.6) is 0 Å². The lowest BCUT2D eigenvalue weighted by Crippen LogP contribution is -2.48. The van der Waals surface area contributed by atoms with Crippen molar-refractivity contribution in [3.8, 4) is 0 Å². The average molecular weight is 486 g/mol. The molecule has 4 rings (SSSR count). The molecule has 9 nitrogen and oxygen atoms in total. The van der Waals surface area contributed by atoms with E-state index in [9.17, 15) is 22.8 Å². The Labute approximate surface area is 198 Å². The number of carbonyl (C=O) groups is 3. The molecule has 0 aliphatic carbocycles. The Kier molecular flexibility index (Phi) is 6.32. The van der Waals surface area contributed by atoms with Crippen molar-refractivity contribution in [2.24, 2.45) is 0 Å². The molecule has 0 bridgehead atoms. The van der Waals surface area contributed by atoms with E-state index >= 15 is 0 Å². The Morgan fingerprint density at radius 2 is 1.59 bits per heavy atom. The van der Waals surface area contributed by atoms with Gasteiger partial charge in [-0.3, -0.25) is 19.3 Å². The van der Waals surface area contributed by atoms with Gasteiger partial charge in [0.05, 0.1) is 28.2 Å². The molecule has 0 saturated carbocycles. The molecule has 1 fully saturated rings. The van der Waals surface area contributed by atoms with Crippen molar-refractivity contribution < 1.29 is 27.5 Å². The number of carbonyl (C=O) groups excluding carboxylic acids is 3. The normalized spacial score (nSPS) is 21.9. The van der Waals surface area contributed by atoms with Gasteiger partial charge in [0.2, 0.25) is 15.9 Å². The predicted molar refractivity (Wildman–Crippen MR) is 125 cm³/mol. The van der Waals surface area contributed by atoms with Crippen LogP contribution in [0.3, 0.4) is 0 Å². The Morgan fingerprint density at radius 3 is 2.21 bits per heavy atom. The minimum Gasteiger partial charge on any atom is -0.373 e. The van der Waals surface area contributed by atoms with Crippen molar-refractivity contribution in [3.63, 3.8) is 0 Å². The van der Waals surface area contributed by atoms with Gasteiger partial charge in [0.15, 0.2) is 0 Å². The first-order valence-corrected chi connectivity index (χ1v) is 12.5. The molecule has 0 spiro atoms. The van der Waals surface area contributed by atoms with Gasteiger partial charge in [-0.2, -0.15) is 4.31 Å². The Morgan fingerprint density at radius 1 is 1.00 bits per heavy atom. The number of anilines is 1. The number of nitrogens with one attached hydrogen (secondary N) is 1. The lowest BCUT2D eigenvalue weighted by atomic mass is 10.1. The van der Waals surface area contributed by atoms with Crippen molar-refractivity contribution >= 4 is 33.4 Å². The van der Waals surface area contributed by atoms with E-state index in [1.165, 1.54) is 35.5 Å². The highest BCUT2D eigenvalue weighted by atomic mass is 32.2. The van der Waals surface area contributed by atoms with Crippen molar-refractivity contribution in [1.82, 2.24) is 9.21 Å². The molecular formula is C24H27N3O6S. The summed E-state index contributed by atoms with van der Waals surface area (Å²) in [6.45, 7) is 7.48. The van der Waals surface area contributed by atoms with Crippen molar-refractivity contribution in [2.45, 2.75) is 50.8 Å². The van der Waals surface area contributed by atoms with Crippen molar-refractivity contribution in [3.05, 3.63) is 59.2 Å². The molecule has 0 radical (unpaired) electrons. The first-order chi connectivity index (χ1) is 16.0. The number of hydrogen-bond acceptors (Lipinski definition) is 6. The zero-order valence-corrected chi connectivity index (χ0v) is 20.3. The number of aryl methyl sites for hydroxylation is 1. The fraction of sp³-hybridized carbons (Fsp3) is 0.375. The maximum absolute atomic E-state index is 13.0. The molecular weight excluding hydrogens is 458 g/mol. The SMILES string of the molecule is Cc1ccc2c(c1)C(=O)N([C@H](C)C(=O)Nc1ccc(S(=O)(=O)N3C[C@@H](C)O[C@@H](C)C3)cc1)C2=O. The van der Waals surface area contributed by atoms with Crippen molar-refractivity contribution in [1.29, 1.82) is 0 Å². The van der Waals surface area contributed by atoms with E-state index in [2.05, 4.69) is 5.32 Å². The summed E-state index contributed by atoms with van der Waals surface area (Å²) in [5.74, 6) is -1.59. The maximum atomic E-state index is 13.0. The minimum absolute atomic E-state index is 0.107. The minimum atomic E-state index is -3.71. The highest BCUT2D eigenvalue weighted by Gasteiger charge is 2.41. The molecule has 1 N–H and O–H groups in total. The number of nitrogens with zero attached hydrogens (tertiary/aromatic N) is 2. The number of rotatable bonds is 5. The molecule has 1 saturated heterocycles. The van der Waals surface area contributed by atoms with Gasteiger partial charge in [-0.1, -0.05) is 11.6 Å². The highest BCUT2D eigenvalue weighted by molar-refractivity contribution is 7.89. The van der Waals surface area contributed by atoms with Gasteiger partial charge >= 0.3 is 0 Å². The third-order valence-electron chi connectivity index (χ3n) is 5.99. The highest BCUT2D eigenvalue weighted by Crippen LogP contribution is 2.27. The second-order valence-corrected chi connectivity index (χ2v) is 10.7. The monoisotopic (exact) mass is 485 g/mol. The van der Waals surface area contributed by atoms with E-state index in [-0.39, 0.29) is 41.3 Å². The zero-order valence-electron chi connectivity index (χ0n) is 19.4. The molecule has 34 heavy (non-hydrogen) atoms. The molecule has 180 valence electrons. The molecule has 3 atom stereocenters. The summed E-state index contributed by atoms with van der Waals surface area (Å²) < 4.78 is 33.0. The van der Waals surface area contributed by atoms with E-state index < -0.39 is 33.8 Å². The van der Waals surface area contributed by atoms with Crippen LogP contribution < -0.4 is 5.32 Å². The summed E-state index contributed by atoms with van der Waals surface area (Å²) in [5, 5.41) is 2.66. The fourth-order valence-corrected chi connectivity index (χ4v) is 5.87. The van der Waals surface area contributed by atoms with Crippen LogP contribution in [-0.4, -0.2) is 66.7 Å². The van der Waals surface area contributed by atoms with E-state index in [4.69, 9.17) is 4.74 Å². The standard InChI is InChI=1S/C24H27N3O6S/c1-14-5-10-20-21(11-14)24(30)27(23(20)29)17(4)22(28)25-18-6-8-19(9-7-18)34(31,32)26-12-15(2)33-16(3)13-26/h5-11,15-17H,12-13H2,1-4H3,(H,25,28)/t15-,16+,17-/m1/s1. The summed E-state index contributed by atoms with van der Waals surface area (Å²) >= 11 is 0. The second-order valence-electron chi connectivity index (χ2n) is 8.80. The molecule has 2 aromatic rings. The third-order valence-corrected chi connectivity index (χ3v) is 7.83. The van der Waals surface area contributed by atoms with Crippen LogP contribution in [0.1, 0.15) is 47.1 Å². The molecule has 2 aliphatic heterocycles. The van der Waals surface area contributed by atoms with Crippen LogP contribution >= 0.6 is 0 Å². The Hall–Kier alpha value is -3.08. The first kappa shape index (κ1) is 24.1. The molecule has 10 heteroatoms. The van der Waals surface area contributed by atoms with Crippen LogP contribution in [0.4, 0.5) is 5.69 Å². The largest absolute Gasteiger partial charge is 0.373 e. The lowest BCUT2D eigenvalue weighted by Gasteiger charge is -2.34.